The Morgan fingerprint density at radius 2 is 2.14 bits per heavy atom. The molecule has 22 heavy (non-hydrogen) atoms. The predicted octanol–water partition coefficient (Wildman–Crippen LogP) is 3.14. The fourth-order valence-electron chi connectivity index (χ4n) is 2.24. The molecule has 0 spiro atoms. The molecule has 0 saturated heterocycles. The van der Waals surface area contributed by atoms with Gasteiger partial charge in [-0.25, -0.2) is 9.97 Å². The molecule has 7 heteroatoms. The van der Waals surface area contributed by atoms with Crippen molar-refractivity contribution in [1.82, 2.24) is 15.0 Å². The van der Waals surface area contributed by atoms with E-state index in [4.69, 9.17) is 4.74 Å². The van der Waals surface area contributed by atoms with E-state index in [2.05, 4.69) is 36.2 Å². The molecule has 0 aliphatic rings. The quantitative estimate of drug-likeness (QED) is 0.749. The maximum absolute atomic E-state index is 12.1. The summed E-state index contributed by atoms with van der Waals surface area (Å²) in [6.45, 7) is 1.95. The van der Waals surface area contributed by atoms with Crippen molar-refractivity contribution in [3.05, 3.63) is 51.1 Å². The smallest absolute Gasteiger partial charge is 0.261 e. The Balaban J connectivity index is 2.10. The standard InChI is InChI=1S/C15H13BrN4O2/c1-8-5-9(3-4-11(8)22-2)20-14-12-13(18-7-19-14)10(16)6-17-15(12)21/h3-7H,1-2H3,(H,17,21)(H,18,19,20). The summed E-state index contributed by atoms with van der Waals surface area (Å²) < 4.78 is 5.95. The number of hydrogen-bond donors (Lipinski definition) is 2. The molecule has 3 aromatic rings. The maximum atomic E-state index is 12.1. The highest BCUT2D eigenvalue weighted by molar-refractivity contribution is 9.10. The lowest BCUT2D eigenvalue weighted by Gasteiger charge is -2.10. The highest BCUT2D eigenvalue weighted by Crippen LogP contribution is 2.27. The molecule has 2 aromatic heterocycles. The number of aryl methyl sites for hydroxylation is 1. The van der Waals surface area contributed by atoms with Crippen LogP contribution in [0.5, 0.6) is 5.75 Å². The van der Waals surface area contributed by atoms with Crippen molar-refractivity contribution in [3.8, 4) is 5.75 Å². The van der Waals surface area contributed by atoms with Crippen molar-refractivity contribution >= 4 is 38.3 Å². The summed E-state index contributed by atoms with van der Waals surface area (Å²) in [6, 6.07) is 5.66. The van der Waals surface area contributed by atoms with E-state index < -0.39 is 0 Å². The summed E-state index contributed by atoms with van der Waals surface area (Å²) >= 11 is 3.38. The van der Waals surface area contributed by atoms with Crippen LogP contribution in [0.1, 0.15) is 5.56 Å². The van der Waals surface area contributed by atoms with Gasteiger partial charge >= 0.3 is 0 Å². The monoisotopic (exact) mass is 360 g/mol. The summed E-state index contributed by atoms with van der Waals surface area (Å²) in [6.07, 6.45) is 2.99. The number of methoxy groups -OCH3 is 1. The summed E-state index contributed by atoms with van der Waals surface area (Å²) in [5.41, 5.74) is 2.12. The topological polar surface area (TPSA) is 79.9 Å². The average Bonchev–Trinajstić information content (AvgIpc) is 2.51. The molecule has 1 aromatic carbocycles. The van der Waals surface area contributed by atoms with E-state index in [0.717, 1.165) is 17.0 Å². The van der Waals surface area contributed by atoms with Gasteiger partial charge in [0.1, 0.15) is 23.3 Å². The van der Waals surface area contributed by atoms with Crippen molar-refractivity contribution in [1.29, 1.82) is 0 Å². The third kappa shape index (κ3) is 2.55. The molecule has 0 atom stereocenters. The first-order chi connectivity index (χ1) is 10.6. The minimum absolute atomic E-state index is 0.244. The number of nitrogens with zero attached hydrogens (tertiary/aromatic N) is 2. The van der Waals surface area contributed by atoms with Crippen LogP contribution in [-0.4, -0.2) is 22.1 Å². The number of hydrogen-bond acceptors (Lipinski definition) is 5. The Kier molecular flexibility index (Phi) is 3.81. The summed E-state index contributed by atoms with van der Waals surface area (Å²) in [5, 5.41) is 3.57. The second kappa shape index (κ2) is 5.76. The van der Waals surface area contributed by atoms with Gasteiger partial charge in [-0.2, -0.15) is 0 Å². The number of halogens is 1. The van der Waals surface area contributed by atoms with Crippen molar-refractivity contribution in [2.75, 3.05) is 12.4 Å². The second-order valence-corrected chi connectivity index (χ2v) is 5.58. The molecule has 0 amide bonds. The minimum atomic E-state index is -0.244. The van der Waals surface area contributed by atoms with E-state index in [1.165, 1.54) is 6.33 Å². The number of pyridine rings is 1. The summed E-state index contributed by atoms with van der Waals surface area (Å²) in [4.78, 5) is 23.1. The van der Waals surface area contributed by atoms with Gasteiger partial charge in [0.05, 0.1) is 17.1 Å². The van der Waals surface area contributed by atoms with Crippen LogP contribution in [0.15, 0.2) is 40.0 Å². The molecule has 0 aliphatic heterocycles. The van der Waals surface area contributed by atoms with Gasteiger partial charge in [-0.05, 0) is 46.6 Å². The predicted molar refractivity (Wildman–Crippen MR) is 88.9 cm³/mol. The van der Waals surface area contributed by atoms with Gasteiger partial charge in [-0.15, -0.1) is 0 Å². The lowest BCUT2D eigenvalue weighted by molar-refractivity contribution is 0.412. The van der Waals surface area contributed by atoms with E-state index in [0.29, 0.717) is 21.2 Å². The van der Waals surface area contributed by atoms with Crippen LogP contribution < -0.4 is 15.6 Å². The first kappa shape index (κ1) is 14.5. The summed E-state index contributed by atoms with van der Waals surface area (Å²) in [7, 11) is 1.63. The van der Waals surface area contributed by atoms with E-state index in [9.17, 15) is 4.79 Å². The maximum Gasteiger partial charge on any atom is 0.261 e. The molecule has 0 saturated carbocycles. The Bertz CT molecular complexity index is 908. The Morgan fingerprint density at radius 1 is 1.32 bits per heavy atom. The number of aromatic nitrogens is 3. The summed E-state index contributed by atoms with van der Waals surface area (Å²) in [5.74, 6) is 1.26. The van der Waals surface area contributed by atoms with Crippen LogP contribution in [0.4, 0.5) is 11.5 Å². The number of rotatable bonds is 3. The lowest BCUT2D eigenvalue weighted by atomic mass is 10.2. The first-order valence-electron chi connectivity index (χ1n) is 6.53. The van der Waals surface area contributed by atoms with Crippen molar-refractivity contribution in [2.45, 2.75) is 6.92 Å². The normalized spacial score (nSPS) is 10.7. The molecular weight excluding hydrogens is 348 g/mol. The van der Waals surface area contributed by atoms with Gasteiger partial charge in [-0.1, -0.05) is 0 Å². The third-order valence-corrected chi connectivity index (χ3v) is 3.89. The van der Waals surface area contributed by atoms with Gasteiger partial charge in [-0.3, -0.25) is 4.79 Å². The number of nitrogens with one attached hydrogen (secondary N) is 2. The third-order valence-electron chi connectivity index (χ3n) is 3.29. The molecule has 2 heterocycles. The zero-order valence-corrected chi connectivity index (χ0v) is 13.6. The molecule has 0 aliphatic carbocycles. The average molecular weight is 361 g/mol. The van der Waals surface area contributed by atoms with Crippen molar-refractivity contribution in [3.63, 3.8) is 0 Å². The molecule has 3 rings (SSSR count). The lowest BCUT2D eigenvalue weighted by Crippen LogP contribution is -2.10. The molecule has 0 radical (unpaired) electrons. The number of aromatic amines is 1. The van der Waals surface area contributed by atoms with Crippen LogP contribution >= 0.6 is 15.9 Å². The van der Waals surface area contributed by atoms with Crippen LogP contribution in [0.25, 0.3) is 10.9 Å². The Hall–Kier alpha value is -2.41. The minimum Gasteiger partial charge on any atom is -0.496 e. The van der Waals surface area contributed by atoms with Gasteiger partial charge in [0.2, 0.25) is 0 Å². The fraction of sp³-hybridized carbons (Fsp3) is 0.133. The van der Waals surface area contributed by atoms with E-state index in [-0.39, 0.29) is 5.56 Å². The SMILES string of the molecule is COc1ccc(Nc2ncnc3c(Br)c[nH]c(=O)c23)cc1C. The van der Waals surface area contributed by atoms with Crippen LogP contribution in [0, 0.1) is 6.92 Å². The number of fused-ring (bicyclic) bond motifs is 1. The van der Waals surface area contributed by atoms with Crippen LogP contribution in [0.2, 0.25) is 0 Å². The number of benzene rings is 1. The van der Waals surface area contributed by atoms with Crippen molar-refractivity contribution < 1.29 is 4.74 Å². The highest BCUT2D eigenvalue weighted by Gasteiger charge is 2.11. The zero-order valence-electron chi connectivity index (χ0n) is 12.0. The zero-order chi connectivity index (χ0) is 15.7. The molecule has 0 unspecified atom stereocenters. The molecule has 112 valence electrons. The fourth-order valence-corrected chi connectivity index (χ4v) is 2.65. The van der Waals surface area contributed by atoms with Gasteiger partial charge in [0, 0.05) is 11.9 Å². The molecular formula is C15H13BrN4O2. The number of ether oxygens (including phenoxy) is 1. The number of anilines is 2. The molecule has 2 N–H and O–H groups in total. The van der Waals surface area contributed by atoms with Crippen molar-refractivity contribution in [2.24, 2.45) is 0 Å². The molecule has 0 bridgehead atoms. The van der Waals surface area contributed by atoms with E-state index in [1.54, 1.807) is 13.3 Å². The van der Waals surface area contributed by atoms with Crippen LogP contribution in [0.3, 0.4) is 0 Å². The van der Waals surface area contributed by atoms with E-state index in [1.807, 2.05) is 25.1 Å². The largest absolute Gasteiger partial charge is 0.496 e. The van der Waals surface area contributed by atoms with Gasteiger partial charge < -0.3 is 15.0 Å². The Morgan fingerprint density at radius 3 is 2.86 bits per heavy atom. The first-order valence-corrected chi connectivity index (χ1v) is 7.33. The second-order valence-electron chi connectivity index (χ2n) is 4.72. The highest BCUT2D eigenvalue weighted by atomic mass is 79.9. The number of H-pyrrole nitrogens is 1. The van der Waals surface area contributed by atoms with Crippen LogP contribution in [-0.2, 0) is 0 Å². The van der Waals surface area contributed by atoms with Gasteiger partial charge in [0.15, 0.2) is 0 Å². The van der Waals surface area contributed by atoms with E-state index >= 15 is 0 Å². The Labute approximate surface area is 134 Å². The molecule has 6 nitrogen and oxygen atoms in total. The van der Waals surface area contributed by atoms with Gasteiger partial charge in [0.25, 0.3) is 5.56 Å². The molecule has 0 fully saturated rings.